The Labute approximate surface area is 154 Å². The van der Waals surface area contributed by atoms with E-state index in [0.717, 1.165) is 11.1 Å². The van der Waals surface area contributed by atoms with E-state index in [1.165, 1.54) is 0 Å². The van der Waals surface area contributed by atoms with Crippen LogP contribution in [0.15, 0.2) is 53.3 Å². The third kappa shape index (κ3) is 2.64. The molecule has 134 valence electrons. The summed E-state index contributed by atoms with van der Waals surface area (Å²) >= 11 is 0. The van der Waals surface area contributed by atoms with Crippen LogP contribution >= 0.6 is 0 Å². The number of fused-ring (bicyclic) bond motifs is 2. The topological polar surface area (TPSA) is 93.3 Å². The van der Waals surface area contributed by atoms with E-state index < -0.39 is 5.92 Å². The van der Waals surface area contributed by atoms with Crippen molar-refractivity contribution < 1.29 is 14.3 Å². The van der Waals surface area contributed by atoms with Crippen molar-refractivity contribution in [1.82, 2.24) is 9.97 Å². The summed E-state index contributed by atoms with van der Waals surface area (Å²) < 4.78 is 10.8. The number of amides is 1. The molecule has 0 saturated carbocycles. The fraction of sp³-hybridized carbons (Fsp3) is 0.150. The van der Waals surface area contributed by atoms with Gasteiger partial charge in [0.25, 0.3) is 5.56 Å². The van der Waals surface area contributed by atoms with Gasteiger partial charge in [-0.2, -0.15) is 0 Å². The zero-order chi connectivity index (χ0) is 18.4. The minimum atomic E-state index is -0.399. The van der Waals surface area contributed by atoms with Crippen LogP contribution in [0.2, 0.25) is 0 Å². The second-order valence-electron chi connectivity index (χ2n) is 6.46. The molecule has 27 heavy (non-hydrogen) atoms. The standard InChI is InChI=1S/C20H15N3O4/c24-16-9-13(12-6-7-14-15(8-12)27-10-26-14)17-19(21-16)22-18(23-20(17)25)11-4-2-1-3-5-11/h1-8,13H,9-10H2,(H2,21,22,23,24,25)/t13-/m1/s1. The molecule has 0 radical (unpaired) electrons. The van der Waals surface area contributed by atoms with E-state index in [0.29, 0.717) is 28.7 Å². The molecule has 1 amide bonds. The number of H-pyrrole nitrogens is 1. The SMILES string of the molecule is O=C1C[C@H](c2ccc3c(c2)OCO3)c2c(nc(-c3ccccc3)[nH]c2=O)N1. The molecule has 0 bridgehead atoms. The predicted octanol–water partition coefficient (Wildman–Crippen LogP) is 2.64. The molecule has 0 fully saturated rings. The summed E-state index contributed by atoms with van der Waals surface area (Å²) in [5, 5.41) is 2.74. The Balaban J connectivity index is 1.63. The van der Waals surface area contributed by atoms with Crippen LogP contribution < -0.4 is 20.3 Å². The van der Waals surface area contributed by atoms with E-state index in [9.17, 15) is 9.59 Å². The van der Waals surface area contributed by atoms with Gasteiger partial charge in [0.05, 0.1) is 5.56 Å². The van der Waals surface area contributed by atoms with Crippen LogP contribution in [0, 0.1) is 0 Å². The third-order valence-electron chi connectivity index (χ3n) is 4.80. The van der Waals surface area contributed by atoms with E-state index in [1.807, 2.05) is 42.5 Å². The number of nitrogens with one attached hydrogen (secondary N) is 2. The van der Waals surface area contributed by atoms with Crippen molar-refractivity contribution in [2.45, 2.75) is 12.3 Å². The molecule has 5 rings (SSSR count). The lowest BCUT2D eigenvalue weighted by Gasteiger charge is -2.24. The molecule has 0 spiro atoms. The second-order valence-corrected chi connectivity index (χ2v) is 6.46. The summed E-state index contributed by atoms with van der Waals surface area (Å²) in [4.78, 5) is 32.5. The minimum absolute atomic E-state index is 0.169. The summed E-state index contributed by atoms with van der Waals surface area (Å²) in [6, 6.07) is 14.8. The number of carbonyl (C=O) groups is 1. The van der Waals surface area contributed by atoms with E-state index in [2.05, 4.69) is 15.3 Å². The summed E-state index contributed by atoms with van der Waals surface area (Å²) in [5.41, 5.74) is 1.78. The number of anilines is 1. The summed E-state index contributed by atoms with van der Waals surface area (Å²) in [5.74, 6) is 1.42. The molecular formula is C20H15N3O4. The van der Waals surface area contributed by atoms with Gasteiger partial charge in [0, 0.05) is 17.9 Å². The van der Waals surface area contributed by atoms with Crippen LogP contribution in [-0.2, 0) is 4.79 Å². The maximum Gasteiger partial charge on any atom is 0.257 e. The lowest BCUT2D eigenvalue weighted by atomic mass is 9.86. The third-order valence-corrected chi connectivity index (χ3v) is 4.80. The zero-order valence-corrected chi connectivity index (χ0v) is 14.2. The largest absolute Gasteiger partial charge is 0.454 e. The van der Waals surface area contributed by atoms with Crippen LogP contribution in [0.3, 0.4) is 0 Å². The first-order valence-electron chi connectivity index (χ1n) is 8.58. The van der Waals surface area contributed by atoms with Gasteiger partial charge in [0.1, 0.15) is 11.6 Å². The number of hydrogen-bond acceptors (Lipinski definition) is 5. The van der Waals surface area contributed by atoms with Gasteiger partial charge in [-0.15, -0.1) is 0 Å². The molecule has 2 aliphatic rings. The summed E-state index contributed by atoms with van der Waals surface area (Å²) in [6.45, 7) is 0.170. The van der Waals surface area contributed by atoms with E-state index >= 15 is 0 Å². The van der Waals surface area contributed by atoms with Crippen LogP contribution in [0.4, 0.5) is 5.82 Å². The Hall–Kier alpha value is -3.61. The van der Waals surface area contributed by atoms with Crippen LogP contribution in [-0.4, -0.2) is 22.7 Å². The van der Waals surface area contributed by atoms with Crippen molar-refractivity contribution in [3.05, 3.63) is 70.0 Å². The average molecular weight is 361 g/mol. The summed E-state index contributed by atoms with van der Waals surface area (Å²) in [6.07, 6.45) is 0.169. The van der Waals surface area contributed by atoms with Crippen molar-refractivity contribution in [3.63, 3.8) is 0 Å². The molecule has 7 heteroatoms. The van der Waals surface area contributed by atoms with Gasteiger partial charge in [-0.25, -0.2) is 4.98 Å². The Morgan fingerprint density at radius 3 is 2.67 bits per heavy atom. The van der Waals surface area contributed by atoms with Crippen LogP contribution in [0.25, 0.3) is 11.4 Å². The van der Waals surface area contributed by atoms with Crippen molar-refractivity contribution in [2.24, 2.45) is 0 Å². The molecule has 1 aromatic heterocycles. The van der Waals surface area contributed by atoms with Gasteiger partial charge < -0.3 is 19.8 Å². The van der Waals surface area contributed by atoms with Crippen molar-refractivity contribution in [2.75, 3.05) is 12.1 Å². The van der Waals surface area contributed by atoms with Gasteiger partial charge in [0.2, 0.25) is 12.7 Å². The molecular weight excluding hydrogens is 346 g/mol. The minimum Gasteiger partial charge on any atom is -0.454 e. The molecule has 3 aromatic rings. The van der Waals surface area contributed by atoms with Gasteiger partial charge in [-0.05, 0) is 17.7 Å². The van der Waals surface area contributed by atoms with Crippen molar-refractivity contribution in [3.8, 4) is 22.9 Å². The van der Waals surface area contributed by atoms with E-state index in [4.69, 9.17) is 9.47 Å². The van der Waals surface area contributed by atoms with Crippen LogP contribution in [0.1, 0.15) is 23.5 Å². The second kappa shape index (κ2) is 5.98. The van der Waals surface area contributed by atoms with E-state index in [-0.39, 0.29) is 24.7 Å². The molecule has 2 aromatic carbocycles. The molecule has 3 heterocycles. The molecule has 0 saturated heterocycles. The highest BCUT2D eigenvalue weighted by atomic mass is 16.7. The van der Waals surface area contributed by atoms with Gasteiger partial charge in [-0.1, -0.05) is 36.4 Å². The molecule has 2 aliphatic heterocycles. The monoisotopic (exact) mass is 361 g/mol. The fourth-order valence-electron chi connectivity index (χ4n) is 3.52. The molecule has 2 N–H and O–H groups in total. The predicted molar refractivity (Wildman–Crippen MR) is 97.9 cm³/mol. The number of aromatic nitrogens is 2. The summed E-state index contributed by atoms with van der Waals surface area (Å²) in [7, 11) is 0. The Bertz CT molecular complexity index is 1110. The number of benzene rings is 2. The van der Waals surface area contributed by atoms with E-state index in [1.54, 1.807) is 6.07 Å². The molecule has 1 atom stereocenters. The molecule has 7 nitrogen and oxygen atoms in total. The maximum absolute atomic E-state index is 12.9. The average Bonchev–Trinajstić information content (AvgIpc) is 3.15. The quantitative estimate of drug-likeness (QED) is 0.732. The highest BCUT2D eigenvalue weighted by Gasteiger charge is 2.32. The number of ether oxygens (including phenoxy) is 2. The zero-order valence-electron chi connectivity index (χ0n) is 14.2. The van der Waals surface area contributed by atoms with Crippen molar-refractivity contribution >= 4 is 11.7 Å². The van der Waals surface area contributed by atoms with Gasteiger partial charge in [-0.3, -0.25) is 9.59 Å². The number of carbonyl (C=O) groups excluding carboxylic acids is 1. The number of nitrogens with zero attached hydrogens (tertiary/aromatic N) is 1. The number of rotatable bonds is 2. The number of aromatic amines is 1. The normalized spacial score (nSPS) is 17.3. The highest BCUT2D eigenvalue weighted by molar-refractivity contribution is 5.94. The lowest BCUT2D eigenvalue weighted by Crippen LogP contribution is -2.31. The smallest absolute Gasteiger partial charge is 0.257 e. The number of hydrogen-bond donors (Lipinski definition) is 2. The molecule has 0 aliphatic carbocycles. The first-order valence-corrected chi connectivity index (χ1v) is 8.58. The first kappa shape index (κ1) is 15.6. The first-order chi connectivity index (χ1) is 13.2. The fourth-order valence-corrected chi connectivity index (χ4v) is 3.52. The van der Waals surface area contributed by atoms with Crippen LogP contribution in [0.5, 0.6) is 11.5 Å². The van der Waals surface area contributed by atoms with Gasteiger partial charge in [0.15, 0.2) is 11.5 Å². The van der Waals surface area contributed by atoms with Gasteiger partial charge >= 0.3 is 0 Å². The Kier molecular flexibility index (Phi) is 3.46. The Morgan fingerprint density at radius 1 is 1.00 bits per heavy atom. The Morgan fingerprint density at radius 2 is 1.81 bits per heavy atom. The lowest BCUT2D eigenvalue weighted by molar-refractivity contribution is -0.116. The van der Waals surface area contributed by atoms with Crippen molar-refractivity contribution in [1.29, 1.82) is 0 Å². The molecule has 0 unspecified atom stereocenters. The highest BCUT2D eigenvalue weighted by Crippen LogP contribution is 2.39. The maximum atomic E-state index is 12.9.